The maximum Gasteiger partial charge on any atom is 0.299 e. The molecule has 1 aliphatic heterocycles. The van der Waals surface area contributed by atoms with Gasteiger partial charge in [-0.3, -0.25) is 19.8 Å². The van der Waals surface area contributed by atoms with Crippen molar-refractivity contribution in [3.63, 3.8) is 0 Å². The van der Waals surface area contributed by atoms with Gasteiger partial charge in [-0.05, 0) is 25.0 Å². The topological polar surface area (TPSA) is 92.5 Å². The molecule has 1 aliphatic rings. The number of carbonyl (C=O) groups is 3. The average Bonchev–Trinajstić information content (AvgIpc) is 2.73. The highest BCUT2D eigenvalue weighted by Crippen LogP contribution is 2.31. The molecule has 1 heterocycles. The number of hydrazine groups is 1. The Morgan fingerprint density at radius 1 is 1.24 bits per heavy atom. The number of ketones is 1. The summed E-state index contributed by atoms with van der Waals surface area (Å²) in [5, 5.41) is 0. The minimum Gasteiger partial charge on any atom is -0.302 e. The molecular formula is C14H16FN3O3. The Bertz CT molecular complexity index is 589. The van der Waals surface area contributed by atoms with Gasteiger partial charge in [-0.15, -0.1) is 0 Å². The zero-order valence-electron chi connectivity index (χ0n) is 11.4. The third kappa shape index (κ3) is 3.08. The number of anilines is 1. The van der Waals surface area contributed by atoms with E-state index in [2.05, 4.69) is 0 Å². The van der Waals surface area contributed by atoms with Crippen LogP contribution in [-0.2, 0) is 9.59 Å². The molecule has 0 fully saturated rings. The fraction of sp³-hybridized carbons (Fsp3) is 0.357. The molecule has 0 saturated heterocycles. The first-order valence-electron chi connectivity index (χ1n) is 6.70. The van der Waals surface area contributed by atoms with E-state index in [1.54, 1.807) is 0 Å². The highest BCUT2D eigenvalue weighted by molar-refractivity contribution is 6.52. The molecule has 3 N–H and O–H groups in total. The van der Waals surface area contributed by atoms with Crippen LogP contribution < -0.4 is 16.2 Å². The Hall–Kier alpha value is -2.28. The minimum atomic E-state index is -0.699. The number of unbranched alkanes of at least 4 members (excludes halogenated alkanes) is 2. The summed E-state index contributed by atoms with van der Waals surface area (Å²) in [5.41, 5.74) is 2.21. The van der Waals surface area contributed by atoms with Gasteiger partial charge in [-0.25, -0.2) is 10.2 Å². The zero-order chi connectivity index (χ0) is 15.4. The Kier molecular flexibility index (Phi) is 4.64. The molecular weight excluding hydrogens is 277 g/mol. The lowest BCUT2D eigenvalue weighted by Gasteiger charge is -2.16. The number of amides is 2. The van der Waals surface area contributed by atoms with E-state index >= 15 is 0 Å². The lowest BCUT2D eigenvalue weighted by Crippen LogP contribution is -2.31. The zero-order valence-corrected chi connectivity index (χ0v) is 11.4. The predicted molar refractivity (Wildman–Crippen MR) is 73.9 cm³/mol. The van der Waals surface area contributed by atoms with Crippen LogP contribution in [0.25, 0.3) is 0 Å². The van der Waals surface area contributed by atoms with Gasteiger partial charge in [0.15, 0.2) is 0 Å². The van der Waals surface area contributed by atoms with Crippen molar-refractivity contribution in [2.24, 2.45) is 5.84 Å². The number of benzene rings is 1. The van der Waals surface area contributed by atoms with E-state index in [0.717, 1.165) is 0 Å². The van der Waals surface area contributed by atoms with E-state index in [1.807, 2.05) is 5.43 Å². The molecule has 2 amide bonds. The van der Waals surface area contributed by atoms with Crippen molar-refractivity contribution in [1.29, 1.82) is 0 Å². The van der Waals surface area contributed by atoms with Crippen LogP contribution in [0.5, 0.6) is 0 Å². The number of fused-ring (bicyclic) bond motifs is 1. The molecule has 0 atom stereocenters. The van der Waals surface area contributed by atoms with Crippen LogP contribution in [0.2, 0.25) is 0 Å². The summed E-state index contributed by atoms with van der Waals surface area (Å²) in [6.45, 7) is 0.253. The molecule has 6 nitrogen and oxygen atoms in total. The van der Waals surface area contributed by atoms with Gasteiger partial charge in [0.1, 0.15) is 5.82 Å². The third-order valence-corrected chi connectivity index (χ3v) is 3.39. The molecule has 0 saturated carbocycles. The van der Waals surface area contributed by atoms with Gasteiger partial charge < -0.3 is 4.90 Å². The molecule has 0 bridgehead atoms. The maximum absolute atomic E-state index is 13.8. The van der Waals surface area contributed by atoms with Crippen molar-refractivity contribution >= 4 is 23.3 Å². The van der Waals surface area contributed by atoms with E-state index < -0.39 is 17.5 Å². The highest BCUT2D eigenvalue weighted by Gasteiger charge is 2.37. The molecule has 112 valence electrons. The molecule has 0 aliphatic carbocycles. The summed E-state index contributed by atoms with van der Waals surface area (Å²) < 4.78 is 13.8. The van der Waals surface area contributed by atoms with Crippen molar-refractivity contribution in [3.05, 3.63) is 29.6 Å². The van der Waals surface area contributed by atoms with Gasteiger partial charge in [0, 0.05) is 13.0 Å². The molecule has 1 aromatic rings. The van der Waals surface area contributed by atoms with Gasteiger partial charge in [0.05, 0.1) is 11.3 Å². The fourth-order valence-corrected chi connectivity index (χ4v) is 2.33. The van der Waals surface area contributed by atoms with Gasteiger partial charge in [0.2, 0.25) is 5.91 Å². The van der Waals surface area contributed by atoms with E-state index in [9.17, 15) is 18.8 Å². The minimum absolute atomic E-state index is 0.0622. The van der Waals surface area contributed by atoms with E-state index in [1.165, 1.54) is 23.1 Å². The number of carbonyl (C=O) groups excluding carboxylic acids is 3. The number of nitrogens with two attached hydrogens (primary N) is 1. The normalized spacial score (nSPS) is 13.5. The lowest BCUT2D eigenvalue weighted by molar-refractivity contribution is -0.121. The number of halogens is 1. The number of nitrogens with zero attached hydrogens (tertiary/aromatic N) is 1. The monoisotopic (exact) mass is 293 g/mol. The number of nitrogens with one attached hydrogen (secondary N) is 1. The summed E-state index contributed by atoms with van der Waals surface area (Å²) in [5.74, 6) is 2.76. The molecule has 0 aromatic heterocycles. The van der Waals surface area contributed by atoms with Crippen molar-refractivity contribution in [3.8, 4) is 0 Å². The van der Waals surface area contributed by atoms with Gasteiger partial charge in [0.25, 0.3) is 11.7 Å². The number of para-hydroxylation sites is 1. The first kappa shape index (κ1) is 15.1. The predicted octanol–water partition coefficient (Wildman–Crippen LogP) is 0.905. The van der Waals surface area contributed by atoms with E-state index in [4.69, 9.17) is 5.84 Å². The molecule has 0 spiro atoms. The van der Waals surface area contributed by atoms with Gasteiger partial charge >= 0.3 is 0 Å². The summed E-state index contributed by atoms with van der Waals surface area (Å²) in [6.07, 6.45) is 2.16. The average molecular weight is 293 g/mol. The highest BCUT2D eigenvalue weighted by atomic mass is 19.1. The van der Waals surface area contributed by atoms with Crippen LogP contribution in [0, 0.1) is 5.82 Å². The summed E-state index contributed by atoms with van der Waals surface area (Å²) >= 11 is 0. The van der Waals surface area contributed by atoms with Crippen LogP contribution in [0.1, 0.15) is 36.0 Å². The fourth-order valence-electron chi connectivity index (χ4n) is 2.33. The summed E-state index contributed by atoms with van der Waals surface area (Å²) in [6, 6.07) is 4.09. The number of hydrogen-bond acceptors (Lipinski definition) is 4. The van der Waals surface area contributed by atoms with Crippen LogP contribution in [-0.4, -0.2) is 24.1 Å². The smallest absolute Gasteiger partial charge is 0.299 e. The third-order valence-electron chi connectivity index (χ3n) is 3.39. The van der Waals surface area contributed by atoms with Crippen molar-refractivity contribution in [1.82, 2.24) is 5.43 Å². The number of hydrogen-bond donors (Lipinski definition) is 2. The van der Waals surface area contributed by atoms with E-state index in [0.29, 0.717) is 25.7 Å². The first-order valence-corrected chi connectivity index (χ1v) is 6.70. The van der Waals surface area contributed by atoms with Crippen LogP contribution in [0.3, 0.4) is 0 Å². The Morgan fingerprint density at radius 2 is 2.00 bits per heavy atom. The second-order valence-corrected chi connectivity index (χ2v) is 4.80. The SMILES string of the molecule is NNC(=O)CCCCCN1C(=O)C(=O)c2cccc(F)c21. The quantitative estimate of drug-likeness (QED) is 0.268. The molecule has 0 radical (unpaired) electrons. The second-order valence-electron chi connectivity index (χ2n) is 4.80. The van der Waals surface area contributed by atoms with Crippen molar-refractivity contribution in [2.45, 2.75) is 25.7 Å². The lowest BCUT2D eigenvalue weighted by atomic mass is 10.1. The van der Waals surface area contributed by atoms with Crippen molar-refractivity contribution < 1.29 is 18.8 Å². The molecule has 21 heavy (non-hydrogen) atoms. The summed E-state index contributed by atoms with van der Waals surface area (Å²) in [4.78, 5) is 35.7. The van der Waals surface area contributed by atoms with E-state index in [-0.39, 0.29) is 23.7 Å². The van der Waals surface area contributed by atoms with Crippen LogP contribution in [0.15, 0.2) is 18.2 Å². The molecule has 7 heteroatoms. The number of Topliss-reactive ketones (excluding diaryl/α,β-unsaturated/α-hetero) is 1. The van der Waals surface area contributed by atoms with Gasteiger partial charge in [-0.2, -0.15) is 0 Å². The standard InChI is InChI=1S/C14H16FN3O3/c15-10-6-4-5-9-12(10)18(14(21)13(9)20)8-3-1-2-7-11(19)17-16/h4-6H,1-3,7-8,16H2,(H,17,19). The Labute approximate surface area is 121 Å². The largest absolute Gasteiger partial charge is 0.302 e. The molecule has 2 rings (SSSR count). The summed E-state index contributed by atoms with van der Waals surface area (Å²) in [7, 11) is 0. The Balaban J connectivity index is 1.94. The Morgan fingerprint density at radius 3 is 2.71 bits per heavy atom. The van der Waals surface area contributed by atoms with Crippen molar-refractivity contribution in [2.75, 3.05) is 11.4 Å². The molecule has 0 unspecified atom stereocenters. The maximum atomic E-state index is 13.8. The number of rotatable bonds is 6. The second kappa shape index (κ2) is 6.45. The van der Waals surface area contributed by atoms with Crippen LogP contribution in [0.4, 0.5) is 10.1 Å². The van der Waals surface area contributed by atoms with Crippen LogP contribution >= 0.6 is 0 Å². The van der Waals surface area contributed by atoms with Gasteiger partial charge in [-0.1, -0.05) is 12.5 Å². The molecule has 1 aromatic carbocycles. The first-order chi connectivity index (χ1) is 10.1.